The molecule has 0 aromatic heterocycles. The molecule has 0 aliphatic carbocycles. The first-order valence-electron chi connectivity index (χ1n) is 11.5. The van der Waals surface area contributed by atoms with E-state index < -0.39 is 17.6 Å². The van der Waals surface area contributed by atoms with Gasteiger partial charge in [0.05, 0.1) is 12.7 Å². The number of ether oxygens (including phenoxy) is 2. The van der Waals surface area contributed by atoms with Gasteiger partial charge >= 0.3 is 5.97 Å². The third-order valence-corrected chi connectivity index (χ3v) is 5.59. The number of carbonyl (C=O) groups is 2. The number of methoxy groups -OCH3 is 1. The average Bonchev–Trinajstić information content (AvgIpc) is 2.87. The smallest absolute Gasteiger partial charge is 0.338 e. The monoisotopic (exact) mass is 481 g/mol. The SMILES string of the molecule is CCCN(Cc1ccc(F)cc1F)C(=O)CCc1ccc(OCc2ccccc2C(=O)OC)cc1. The Labute approximate surface area is 204 Å². The van der Waals surface area contributed by atoms with E-state index in [1.165, 1.54) is 19.2 Å². The van der Waals surface area contributed by atoms with Gasteiger partial charge in [0.15, 0.2) is 0 Å². The maximum atomic E-state index is 14.0. The minimum atomic E-state index is -0.649. The minimum Gasteiger partial charge on any atom is -0.489 e. The summed E-state index contributed by atoms with van der Waals surface area (Å²) in [4.78, 5) is 26.3. The highest BCUT2D eigenvalue weighted by Crippen LogP contribution is 2.19. The Morgan fingerprint density at radius 1 is 0.943 bits per heavy atom. The summed E-state index contributed by atoms with van der Waals surface area (Å²) < 4.78 is 37.8. The summed E-state index contributed by atoms with van der Waals surface area (Å²) in [6, 6.07) is 17.9. The minimum absolute atomic E-state index is 0.0877. The maximum absolute atomic E-state index is 14.0. The van der Waals surface area contributed by atoms with Gasteiger partial charge in [-0.2, -0.15) is 0 Å². The molecule has 1 amide bonds. The van der Waals surface area contributed by atoms with Crippen molar-refractivity contribution in [1.82, 2.24) is 4.90 Å². The van der Waals surface area contributed by atoms with Crippen LogP contribution in [-0.2, 0) is 29.1 Å². The Balaban J connectivity index is 1.55. The first-order chi connectivity index (χ1) is 16.9. The van der Waals surface area contributed by atoms with E-state index in [9.17, 15) is 18.4 Å². The van der Waals surface area contributed by atoms with Crippen LogP contribution in [0.3, 0.4) is 0 Å². The molecule has 0 spiro atoms. The van der Waals surface area contributed by atoms with Gasteiger partial charge in [-0.05, 0) is 42.7 Å². The number of benzene rings is 3. The molecule has 3 aromatic carbocycles. The van der Waals surface area contributed by atoms with Crippen LogP contribution >= 0.6 is 0 Å². The molecule has 5 nitrogen and oxygen atoms in total. The number of halogens is 2. The van der Waals surface area contributed by atoms with Gasteiger partial charge in [0, 0.05) is 36.7 Å². The first kappa shape index (κ1) is 25.9. The Kier molecular flexibility index (Phi) is 9.35. The highest BCUT2D eigenvalue weighted by atomic mass is 19.1. The van der Waals surface area contributed by atoms with E-state index in [0.29, 0.717) is 29.8 Å². The van der Waals surface area contributed by atoms with Gasteiger partial charge in [0.1, 0.15) is 24.0 Å². The number of amides is 1. The molecule has 35 heavy (non-hydrogen) atoms. The van der Waals surface area contributed by atoms with E-state index in [2.05, 4.69) is 0 Å². The van der Waals surface area contributed by atoms with Crippen LogP contribution in [0.4, 0.5) is 8.78 Å². The highest BCUT2D eigenvalue weighted by molar-refractivity contribution is 5.90. The van der Waals surface area contributed by atoms with Crippen molar-refractivity contribution in [3.8, 4) is 5.75 Å². The zero-order valence-corrected chi connectivity index (χ0v) is 19.9. The Hall–Kier alpha value is -3.74. The van der Waals surface area contributed by atoms with Crippen molar-refractivity contribution in [2.45, 2.75) is 39.3 Å². The van der Waals surface area contributed by atoms with Crippen LogP contribution in [-0.4, -0.2) is 30.4 Å². The summed E-state index contributed by atoms with van der Waals surface area (Å²) in [5.41, 5.74) is 2.44. The molecule has 7 heteroatoms. The third-order valence-electron chi connectivity index (χ3n) is 5.59. The van der Waals surface area contributed by atoms with E-state index in [0.717, 1.165) is 23.6 Å². The normalized spacial score (nSPS) is 10.6. The molecule has 3 aromatic rings. The van der Waals surface area contributed by atoms with Crippen LogP contribution in [0.5, 0.6) is 5.75 Å². The molecule has 0 fully saturated rings. The van der Waals surface area contributed by atoms with E-state index in [1.54, 1.807) is 17.0 Å². The summed E-state index contributed by atoms with van der Waals surface area (Å²) in [6.07, 6.45) is 1.53. The summed E-state index contributed by atoms with van der Waals surface area (Å²) in [7, 11) is 1.34. The van der Waals surface area contributed by atoms with E-state index in [-0.39, 0.29) is 25.5 Å². The molecule has 3 rings (SSSR count). The number of nitrogens with zero attached hydrogens (tertiary/aromatic N) is 1. The topological polar surface area (TPSA) is 55.8 Å². The largest absolute Gasteiger partial charge is 0.489 e. The second kappa shape index (κ2) is 12.6. The van der Waals surface area contributed by atoms with Crippen molar-refractivity contribution >= 4 is 11.9 Å². The van der Waals surface area contributed by atoms with E-state index >= 15 is 0 Å². The average molecular weight is 482 g/mol. The lowest BCUT2D eigenvalue weighted by Gasteiger charge is -2.22. The number of hydrogen-bond acceptors (Lipinski definition) is 4. The van der Waals surface area contributed by atoms with Crippen LogP contribution < -0.4 is 4.74 Å². The molecule has 184 valence electrons. The second-order valence-electron chi connectivity index (χ2n) is 8.13. The van der Waals surface area contributed by atoms with Crippen LogP contribution in [0.15, 0.2) is 66.7 Å². The van der Waals surface area contributed by atoms with Crippen molar-refractivity contribution in [1.29, 1.82) is 0 Å². The number of esters is 1. The van der Waals surface area contributed by atoms with Crippen LogP contribution in [0.2, 0.25) is 0 Å². The second-order valence-corrected chi connectivity index (χ2v) is 8.13. The number of hydrogen-bond donors (Lipinski definition) is 0. The van der Waals surface area contributed by atoms with Gasteiger partial charge in [-0.15, -0.1) is 0 Å². The van der Waals surface area contributed by atoms with Crippen molar-refractivity contribution in [2.75, 3.05) is 13.7 Å². The quantitative estimate of drug-likeness (QED) is 0.330. The molecule has 0 saturated carbocycles. The fourth-order valence-corrected chi connectivity index (χ4v) is 3.70. The number of rotatable bonds is 11. The molecule has 0 bridgehead atoms. The van der Waals surface area contributed by atoms with Gasteiger partial charge in [-0.1, -0.05) is 43.3 Å². The predicted octanol–water partition coefficient (Wildman–Crippen LogP) is 5.70. The third kappa shape index (κ3) is 7.37. The van der Waals surface area contributed by atoms with Crippen molar-refractivity contribution < 1.29 is 27.8 Å². The molecule has 0 N–H and O–H groups in total. The summed E-state index contributed by atoms with van der Waals surface area (Å²) in [5.74, 6) is -1.15. The zero-order valence-electron chi connectivity index (χ0n) is 19.9. The first-order valence-corrected chi connectivity index (χ1v) is 11.5. The van der Waals surface area contributed by atoms with Crippen LogP contribution in [0.25, 0.3) is 0 Å². The van der Waals surface area contributed by atoms with Gasteiger partial charge in [0.25, 0.3) is 0 Å². The Morgan fingerprint density at radius 2 is 1.69 bits per heavy atom. The lowest BCUT2D eigenvalue weighted by atomic mass is 10.1. The Morgan fingerprint density at radius 3 is 2.37 bits per heavy atom. The molecule has 0 aliphatic rings. The molecular weight excluding hydrogens is 452 g/mol. The van der Waals surface area contributed by atoms with Gasteiger partial charge in [-0.3, -0.25) is 4.79 Å². The van der Waals surface area contributed by atoms with Crippen LogP contribution in [0.1, 0.15) is 46.8 Å². The standard InChI is InChI=1S/C28H29F2NO4/c1-3-16-31(18-21-11-12-23(29)17-26(21)30)27(32)15-10-20-8-13-24(14-9-20)35-19-22-6-4-5-7-25(22)28(33)34-2/h4-9,11-14,17H,3,10,15-16,18-19H2,1-2H3. The van der Waals surface area contributed by atoms with Crippen molar-refractivity contribution in [2.24, 2.45) is 0 Å². The predicted molar refractivity (Wildman–Crippen MR) is 129 cm³/mol. The lowest BCUT2D eigenvalue weighted by Crippen LogP contribution is -2.31. The van der Waals surface area contributed by atoms with E-state index in [1.807, 2.05) is 43.3 Å². The van der Waals surface area contributed by atoms with Crippen LogP contribution in [0, 0.1) is 11.6 Å². The maximum Gasteiger partial charge on any atom is 0.338 e. The molecule has 0 radical (unpaired) electrons. The van der Waals surface area contributed by atoms with Gasteiger partial charge < -0.3 is 14.4 Å². The molecule has 0 atom stereocenters. The Bertz CT molecular complexity index is 1150. The van der Waals surface area contributed by atoms with Gasteiger partial charge in [-0.25, -0.2) is 13.6 Å². The number of aryl methyl sites for hydroxylation is 1. The van der Waals surface area contributed by atoms with E-state index in [4.69, 9.17) is 9.47 Å². The number of carbonyl (C=O) groups excluding carboxylic acids is 2. The molecule has 0 unspecified atom stereocenters. The fraction of sp³-hybridized carbons (Fsp3) is 0.286. The lowest BCUT2D eigenvalue weighted by molar-refractivity contribution is -0.131. The zero-order chi connectivity index (χ0) is 25.2. The molecule has 0 heterocycles. The van der Waals surface area contributed by atoms with Gasteiger partial charge in [0.2, 0.25) is 5.91 Å². The molecule has 0 aliphatic heterocycles. The van der Waals surface area contributed by atoms with Crippen molar-refractivity contribution in [3.05, 3.63) is 101 Å². The summed E-state index contributed by atoms with van der Waals surface area (Å²) in [5, 5.41) is 0. The molecular formula is C28H29F2NO4. The summed E-state index contributed by atoms with van der Waals surface area (Å²) >= 11 is 0. The summed E-state index contributed by atoms with van der Waals surface area (Å²) in [6.45, 7) is 2.77. The molecule has 0 saturated heterocycles. The van der Waals surface area contributed by atoms with Crippen molar-refractivity contribution in [3.63, 3.8) is 0 Å². The highest BCUT2D eigenvalue weighted by Gasteiger charge is 2.16. The fourth-order valence-electron chi connectivity index (χ4n) is 3.70.